The van der Waals surface area contributed by atoms with E-state index in [1.54, 1.807) is 13.1 Å². The first kappa shape index (κ1) is 12.0. The van der Waals surface area contributed by atoms with Crippen molar-refractivity contribution in [2.75, 3.05) is 6.61 Å². The predicted molar refractivity (Wildman–Crippen MR) is 69.8 cm³/mol. The summed E-state index contributed by atoms with van der Waals surface area (Å²) in [6.07, 6.45) is 0.763. The van der Waals surface area contributed by atoms with Gasteiger partial charge in [0, 0.05) is 24.6 Å². The number of aromatic carboxylic acids is 1. The van der Waals surface area contributed by atoms with Gasteiger partial charge >= 0.3 is 5.97 Å². The van der Waals surface area contributed by atoms with Crippen molar-refractivity contribution in [3.63, 3.8) is 0 Å². The molecule has 3 rings (SSSR count). The number of rotatable bonds is 2. The summed E-state index contributed by atoms with van der Waals surface area (Å²) in [7, 11) is 1.70. The van der Waals surface area contributed by atoms with Gasteiger partial charge in [-0.1, -0.05) is 11.6 Å². The molecule has 0 radical (unpaired) electrons. The Hall–Kier alpha value is -2.01. The Balaban J connectivity index is 2.22. The van der Waals surface area contributed by atoms with Gasteiger partial charge in [-0.2, -0.15) is 5.10 Å². The number of hydrogen-bond acceptors (Lipinski definition) is 3. The van der Waals surface area contributed by atoms with Crippen molar-refractivity contribution in [1.29, 1.82) is 0 Å². The summed E-state index contributed by atoms with van der Waals surface area (Å²) >= 11 is 6.26. The Morgan fingerprint density at radius 2 is 2.32 bits per heavy atom. The van der Waals surface area contributed by atoms with Gasteiger partial charge in [0.15, 0.2) is 5.69 Å². The van der Waals surface area contributed by atoms with E-state index >= 15 is 0 Å². The molecule has 1 aromatic heterocycles. The third kappa shape index (κ3) is 1.86. The minimum absolute atomic E-state index is 0.00471. The SMILES string of the molecule is Cn1nc(C(=O)O)cc1-c1c(Cl)ccc2c1CCO2. The van der Waals surface area contributed by atoms with Crippen LogP contribution in [0.1, 0.15) is 16.1 Å². The maximum Gasteiger partial charge on any atom is 0.356 e. The van der Waals surface area contributed by atoms with Crippen molar-refractivity contribution in [1.82, 2.24) is 9.78 Å². The van der Waals surface area contributed by atoms with Crippen LogP contribution in [0.5, 0.6) is 5.75 Å². The molecule has 2 heterocycles. The number of nitrogens with zero attached hydrogens (tertiary/aromatic N) is 2. The molecule has 1 aliphatic heterocycles. The Morgan fingerprint density at radius 1 is 1.53 bits per heavy atom. The van der Waals surface area contributed by atoms with Crippen molar-refractivity contribution in [3.05, 3.63) is 34.5 Å². The molecule has 0 fully saturated rings. The largest absolute Gasteiger partial charge is 0.493 e. The molecule has 0 aliphatic carbocycles. The van der Waals surface area contributed by atoms with Gasteiger partial charge in [-0.05, 0) is 18.2 Å². The lowest BCUT2D eigenvalue weighted by molar-refractivity contribution is 0.0689. The van der Waals surface area contributed by atoms with Crippen molar-refractivity contribution in [2.24, 2.45) is 7.05 Å². The fourth-order valence-corrected chi connectivity index (χ4v) is 2.60. The number of fused-ring (bicyclic) bond motifs is 1. The second kappa shape index (κ2) is 4.28. The molecule has 6 heteroatoms. The molecule has 0 unspecified atom stereocenters. The first-order valence-corrected chi connectivity index (χ1v) is 6.17. The number of carbonyl (C=O) groups is 1. The predicted octanol–water partition coefficient (Wildman–Crippen LogP) is 2.37. The zero-order chi connectivity index (χ0) is 13.6. The summed E-state index contributed by atoms with van der Waals surface area (Å²) in [6.45, 7) is 0.617. The highest BCUT2D eigenvalue weighted by atomic mass is 35.5. The van der Waals surface area contributed by atoms with Gasteiger partial charge in [0.05, 0.1) is 17.3 Å². The molecule has 1 aliphatic rings. The zero-order valence-electron chi connectivity index (χ0n) is 10.2. The molecule has 1 N–H and O–H groups in total. The van der Waals surface area contributed by atoms with E-state index in [0.717, 1.165) is 23.3 Å². The maximum absolute atomic E-state index is 11.0. The number of hydrogen-bond donors (Lipinski definition) is 1. The molecule has 19 heavy (non-hydrogen) atoms. The van der Waals surface area contributed by atoms with E-state index in [0.29, 0.717) is 17.3 Å². The average Bonchev–Trinajstić information content (AvgIpc) is 2.96. The molecular weight excluding hydrogens is 268 g/mol. The van der Waals surface area contributed by atoms with Crippen LogP contribution in [-0.4, -0.2) is 27.5 Å². The molecule has 0 spiro atoms. The van der Waals surface area contributed by atoms with Crippen LogP contribution in [0.2, 0.25) is 5.02 Å². The normalized spacial score (nSPS) is 13.2. The summed E-state index contributed by atoms with van der Waals surface area (Å²) in [5.74, 6) is -0.251. The fraction of sp³-hybridized carbons (Fsp3) is 0.231. The Morgan fingerprint density at radius 3 is 3.00 bits per heavy atom. The van der Waals surface area contributed by atoms with Crippen molar-refractivity contribution in [3.8, 4) is 17.0 Å². The van der Waals surface area contributed by atoms with Gasteiger partial charge in [-0.15, -0.1) is 0 Å². The highest BCUT2D eigenvalue weighted by molar-refractivity contribution is 6.33. The van der Waals surface area contributed by atoms with Crippen LogP contribution in [-0.2, 0) is 13.5 Å². The summed E-state index contributed by atoms with van der Waals surface area (Å²) in [5, 5.41) is 13.5. The maximum atomic E-state index is 11.0. The van der Waals surface area contributed by atoms with Crippen LogP contribution < -0.4 is 4.74 Å². The second-order valence-corrected chi connectivity index (χ2v) is 4.75. The topological polar surface area (TPSA) is 64.4 Å². The number of halogens is 1. The Kier molecular flexibility index (Phi) is 2.71. The number of aromatic nitrogens is 2. The van der Waals surface area contributed by atoms with E-state index in [-0.39, 0.29) is 5.69 Å². The quantitative estimate of drug-likeness (QED) is 0.916. The van der Waals surface area contributed by atoms with Gasteiger partial charge in [-0.25, -0.2) is 4.79 Å². The van der Waals surface area contributed by atoms with E-state index in [4.69, 9.17) is 21.4 Å². The minimum Gasteiger partial charge on any atom is -0.493 e. The van der Waals surface area contributed by atoms with Crippen LogP contribution in [0, 0.1) is 0 Å². The highest BCUT2D eigenvalue weighted by Gasteiger charge is 2.23. The molecule has 0 bridgehead atoms. The van der Waals surface area contributed by atoms with Crippen LogP contribution in [0.4, 0.5) is 0 Å². The van der Waals surface area contributed by atoms with Crippen molar-refractivity contribution >= 4 is 17.6 Å². The molecule has 5 nitrogen and oxygen atoms in total. The minimum atomic E-state index is -1.05. The first-order valence-electron chi connectivity index (χ1n) is 5.80. The lowest BCUT2D eigenvalue weighted by atomic mass is 10.0. The molecule has 0 amide bonds. The monoisotopic (exact) mass is 278 g/mol. The van der Waals surface area contributed by atoms with Gasteiger partial charge in [-0.3, -0.25) is 4.68 Å². The Bertz CT molecular complexity index is 679. The molecule has 2 aromatic rings. The smallest absolute Gasteiger partial charge is 0.356 e. The van der Waals surface area contributed by atoms with Crippen LogP contribution in [0.3, 0.4) is 0 Å². The first-order chi connectivity index (χ1) is 9.08. The second-order valence-electron chi connectivity index (χ2n) is 4.34. The van der Waals surface area contributed by atoms with Gasteiger partial charge in [0.2, 0.25) is 0 Å². The number of aryl methyl sites for hydroxylation is 1. The fourth-order valence-electron chi connectivity index (χ4n) is 2.33. The zero-order valence-corrected chi connectivity index (χ0v) is 10.9. The Labute approximate surface area is 114 Å². The van der Waals surface area contributed by atoms with E-state index in [2.05, 4.69) is 5.10 Å². The third-order valence-electron chi connectivity index (χ3n) is 3.18. The van der Waals surface area contributed by atoms with Crippen molar-refractivity contribution < 1.29 is 14.6 Å². The van der Waals surface area contributed by atoms with Crippen molar-refractivity contribution in [2.45, 2.75) is 6.42 Å². The number of benzene rings is 1. The van der Waals surface area contributed by atoms with Crippen LogP contribution in [0.15, 0.2) is 18.2 Å². The average molecular weight is 279 g/mol. The number of ether oxygens (including phenoxy) is 1. The van der Waals surface area contributed by atoms with Crippen LogP contribution in [0.25, 0.3) is 11.3 Å². The van der Waals surface area contributed by atoms with E-state index < -0.39 is 5.97 Å². The van der Waals surface area contributed by atoms with E-state index in [1.807, 2.05) is 6.07 Å². The molecule has 1 aromatic carbocycles. The summed E-state index contributed by atoms with van der Waals surface area (Å²) in [6, 6.07) is 5.12. The standard InChI is InChI=1S/C13H11ClN2O3/c1-16-10(6-9(15-16)13(17)18)12-7-4-5-19-11(7)3-2-8(12)14/h2-3,6H,4-5H2,1H3,(H,17,18). The molecule has 0 atom stereocenters. The molecular formula is C13H11ClN2O3. The van der Waals surface area contributed by atoms with E-state index in [1.165, 1.54) is 10.7 Å². The van der Waals surface area contributed by atoms with Gasteiger partial charge < -0.3 is 9.84 Å². The van der Waals surface area contributed by atoms with Crippen LogP contribution >= 0.6 is 11.6 Å². The summed E-state index contributed by atoms with van der Waals surface area (Å²) < 4.78 is 7.04. The van der Waals surface area contributed by atoms with Gasteiger partial charge in [0.1, 0.15) is 5.75 Å². The lowest BCUT2D eigenvalue weighted by Gasteiger charge is -2.09. The third-order valence-corrected chi connectivity index (χ3v) is 3.50. The lowest BCUT2D eigenvalue weighted by Crippen LogP contribution is -2.00. The summed E-state index contributed by atoms with van der Waals surface area (Å²) in [4.78, 5) is 11.0. The number of carboxylic acid groups (broad SMARTS) is 1. The highest BCUT2D eigenvalue weighted by Crippen LogP contribution is 2.39. The van der Waals surface area contributed by atoms with Gasteiger partial charge in [0.25, 0.3) is 0 Å². The molecule has 0 saturated carbocycles. The van der Waals surface area contributed by atoms with E-state index in [9.17, 15) is 4.79 Å². The summed E-state index contributed by atoms with van der Waals surface area (Å²) in [5.41, 5.74) is 2.50. The molecule has 98 valence electrons. The number of carboxylic acids is 1. The molecule has 0 saturated heterocycles.